The van der Waals surface area contributed by atoms with Gasteiger partial charge in [0, 0.05) is 18.6 Å². The molecular weight excluding hydrogens is 162 g/mol. The van der Waals surface area contributed by atoms with E-state index in [2.05, 4.69) is 18.7 Å². The van der Waals surface area contributed by atoms with Crippen LogP contribution in [0, 0.1) is 0 Å². The van der Waals surface area contributed by atoms with Gasteiger partial charge in [0.1, 0.15) is 0 Å². The van der Waals surface area contributed by atoms with Crippen molar-refractivity contribution in [1.29, 1.82) is 0 Å². The molecule has 0 radical (unpaired) electrons. The van der Waals surface area contributed by atoms with Crippen molar-refractivity contribution in [2.45, 2.75) is 58.7 Å². The van der Waals surface area contributed by atoms with Crippen molar-refractivity contribution in [3.63, 3.8) is 0 Å². The van der Waals surface area contributed by atoms with Gasteiger partial charge in [0.05, 0.1) is 12.7 Å². The van der Waals surface area contributed by atoms with E-state index >= 15 is 0 Å². The maximum Gasteiger partial charge on any atom is 0.0703 e. The monoisotopic (exact) mass is 185 g/mol. The Hall–Kier alpha value is -0.0800. The fourth-order valence-corrected chi connectivity index (χ4v) is 2.21. The maximum absolute atomic E-state index is 5.62. The van der Waals surface area contributed by atoms with E-state index in [1.54, 1.807) is 0 Å². The normalized spacial score (nSPS) is 33.0. The van der Waals surface area contributed by atoms with E-state index in [4.69, 9.17) is 4.74 Å². The third-order valence-corrected chi connectivity index (χ3v) is 2.89. The van der Waals surface area contributed by atoms with E-state index in [9.17, 15) is 0 Å². The number of morpholine rings is 1. The van der Waals surface area contributed by atoms with Gasteiger partial charge >= 0.3 is 0 Å². The van der Waals surface area contributed by atoms with Crippen LogP contribution in [0.2, 0.25) is 0 Å². The Morgan fingerprint density at radius 1 is 1.23 bits per heavy atom. The second-order valence-corrected chi connectivity index (χ2v) is 3.98. The van der Waals surface area contributed by atoms with Crippen LogP contribution in [0.1, 0.15) is 40.5 Å². The van der Waals surface area contributed by atoms with Gasteiger partial charge < -0.3 is 4.74 Å². The van der Waals surface area contributed by atoms with E-state index in [1.165, 1.54) is 19.4 Å². The highest BCUT2D eigenvalue weighted by molar-refractivity contribution is 4.88. The van der Waals surface area contributed by atoms with E-state index in [0.29, 0.717) is 12.1 Å². The fourth-order valence-electron chi connectivity index (χ4n) is 2.21. The molecule has 13 heavy (non-hydrogen) atoms. The van der Waals surface area contributed by atoms with Gasteiger partial charge in [-0.25, -0.2) is 0 Å². The molecule has 0 aromatic rings. The predicted molar refractivity (Wildman–Crippen MR) is 56.0 cm³/mol. The molecule has 3 heterocycles. The Bertz CT molecular complexity index is 139. The molecule has 2 bridgehead atoms. The van der Waals surface area contributed by atoms with Gasteiger partial charge in [-0.3, -0.25) is 4.90 Å². The Morgan fingerprint density at radius 2 is 1.92 bits per heavy atom. The number of fused-ring (bicyclic) bond motifs is 3. The predicted octanol–water partition coefficient (Wildman–Crippen LogP) is 2.28. The second-order valence-electron chi connectivity index (χ2n) is 3.98. The van der Waals surface area contributed by atoms with E-state index in [0.717, 1.165) is 12.6 Å². The number of hydrogen-bond donors (Lipinski definition) is 0. The average molecular weight is 185 g/mol. The minimum Gasteiger partial charge on any atom is -0.375 e. The highest BCUT2D eigenvalue weighted by atomic mass is 16.5. The summed E-state index contributed by atoms with van der Waals surface area (Å²) in [5.41, 5.74) is 0. The van der Waals surface area contributed by atoms with Crippen molar-refractivity contribution in [3.8, 4) is 0 Å². The van der Waals surface area contributed by atoms with Crippen LogP contribution in [-0.4, -0.2) is 36.2 Å². The standard InChI is InChI=1S/C9H17NO.C2H6/c1-7(2)10-5-9-4-3-8(10)6-11-9;1-2/h7-9H,3-6H2,1-2H3;1-2H3. The van der Waals surface area contributed by atoms with Crippen LogP contribution < -0.4 is 0 Å². The van der Waals surface area contributed by atoms with E-state index in [1.807, 2.05) is 13.8 Å². The molecule has 2 heteroatoms. The summed E-state index contributed by atoms with van der Waals surface area (Å²) in [6.07, 6.45) is 3.18. The van der Waals surface area contributed by atoms with Crippen molar-refractivity contribution in [2.24, 2.45) is 0 Å². The number of hydrogen-bond acceptors (Lipinski definition) is 2. The molecule has 3 saturated heterocycles. The quantitative estimate of drug-likeness (QED) is 0.621. The second kappa shape index (κ2) is 4.97. The van der Waals surface area contributed by atoms with Crippen molar-refractivity contribution in [1.82, 2.24) is 4.90 Å². The molecule has 0 saturated carbocycles. The van der Waals surface area contributed by atoms with Crippen molar-refractivity contribution >= 4 is 0 Å². The highest BCUT2D eigenvalue weighted by Gasteiger charge is 2.35. The summed E-state index contributed by atoms with van der Waals surface area (Å²) >= 11 is 0. The van der Waals surface area contributed by atoms with Crippen molar-refractivity contribution < 1.29 is 4.74 Å². The first-order chi connectivity index (χ1) is 6.27. The van der Waals surface area contributed by atoms with Crippen LogP contribution in [0.3, 0.4) is 0 Å². The lowest BCUT2D eigenvalue weighted by Crippen LogP contribution is -2.56. The zero-order valence-corrected chi connectivity index (χ0v) is 9.42. The summed E-state index contributed by atoms with van der Waals surface area (Å²) < 4.78 is 5.62. The summed E-state index contributed by atoms with van der Waals surface area (Å²) in [5, 5.41) is 0. The largest absolute Gasteiger partial charge is 0.375 e. The number of rotatable bonds is 1. The highest BCUT2D eigenvalue weighted by Crippen LogP contribution is 2.27. The van der Waals surface area contributed by atoms with Crippen LogP contribution in [0.5, 0.6) is 0 Å². The lowest BCUT2D eigenvalue weighted by Gasteiger charge is -2.47. The van der Waals surface area contributed by atoms with Crippen molar-refractivity contribution in [3.05, 3.63) is 0 Å². The fraction of sp³-hybridized carbons (Fsp3) is 1.00. The number of piperidine rings is 1. The molecule has 3 rings (SSSR count). The number of ether oxygens (including phenoxy) is 1. The molecule has 0 aromatic carbocycles. The molecule has 0 aromatic heterocycles. The summed E-state index contributed by atoms with van der Waals surface area (Å²) in [5.74, 6) is 0. The minimum absolute atomic E-state index is 0.544. The molecular formula is C11H23NO. The summed E-state index contributed by atoms with van der Waals surface area (Å²) in [4.78, 5) is 2.58. The Morgan fingerprint density at radius 3 is 2.15 bits per heavy atom. The Kier molecular flexibility index (Phi) is 4.20. The Labute approximate surface area is 82.3 Å². The smallest absolute Gasteiger partial charge is 0.0703 e. The van der Waals surface area contributed by atoms with Crippen molar-refractivity contribution in [2.75, 3.05) is 13.2 Å². The lowest BCUT2D eigenvalue weighted by molar-refractivity contribution is -0.115. The molecule has 3 aliphatic heterocycles. The number of nitrogens with zero attached hydrogens (tertiary/aromatic N) is 1. The van der Waals surface area contributed by atoms with E-state index < -0.39 is 0 Å². The molecule has 0 aliphatic carbocycles. The van der Waals surface area contributed by atoms with Crippen LogP contribution in [0.4, 0.5) is 0 Å². The topological polar surface area (TPSA) is 12.5 Å². The Balaban J connectivity index is 0.000000396. The molecule has 3 fully saturated rings. The molecule has 0 amide bonds. The van der Waals surface area contributed by atoms with E-state index in [-0.39, 0.29) is 0 Å². The first-order valence-corrected chi connectivity index (χ1v) is 5.64. The van der Waals surface area contributed by atoms with Gasteiger partial charge in [-0.05, 0) is 26.7 Å². The van der Waals surface area contributed by atoms with Gasteiger partial charge in [0.25, 0.3) is 0 Å². The first-order valence-electron chi connectivity index (χ1n) is 5.64. The summed E-state index contributed by atoms with van der Waals surface area (Å²) in [7, 11) is 0. The van der Waals surface area contributed by atoms with Crippen LogP contribution in [0.25, 0.3) is 0 Å². The average Bonchev–Trinajstić information content (AvgIpc) is 2.22. The van der Waals surface area contributed by atoms with Crippen LogP contribution >= 0.6 is 0 Å². The van der Waals surface area contributed by atoms with Gasteiger partial charge in [-0.2, -0.15) is 0 Å². The zero-order chi connectivity index (χ0) is 9.84. The lowest BCUT2D eigenvalue weighted by atomic mass is 9.96. The van der Waals surface area contributed by atoms with Gasteiger partial charge in [0.2, 0.25) is 0 Å². The SMILES string of the molecule is CC.CC(C)N1CC2CCC1CO2. The molecule has 2 nitrogen and oxygen atoms in total. The first kappa shape index (κ1) is 11.0. The van der Waals surface area contributed by atoms with Gasteiger partial charge in [-0.15, -0.1) is 0 Å². The molecule has 78 valence electrons. The summed E-state index contributed by atoms with van der Waals surface area (Å²) in [6.45, 7) is 10.7. The van der Waals surface area contributed by atoms with Gasteiger partial charge in [-0.1, -0.05) is 13.8 Å². The zero-order valence-electron chi connectivity index (χ0n) is 9.42. The maximum atomic E-state index is 5.62. The third-order valence-electron chi connectivity index (χ3n) is 2.89. The molecule has 0 N–H and O–H groups in total. The van der Waals surface area contributed by atoms with Crippen LogP contribution in [-0.2, 0) is 4.74 Å². The molecule has 2 unspecified atom stereocenters. The molecule has 3 aliphatic rings. The third kappa shape index (κ3) is 2.44. The molecule has 0 spiro atoms. The summed E-state index contributed by atoms with van der Waals surface area (Å²) in [6, 6.07) is 1.42. The van der Waals surface area contributed by atoms with Gasteiger partial charge in [0.15, 0.2) is 0 Å². The minimum atomic E-state index is 0.544. The van der Waals surface area contributed by atoms with Crippen LogP contribution in [0.15, 0.2) is 0 Å². The molecule has 2 atom stereocenters.